The number of aliphatic hydroxyl groups excluding tert-OH is 1. The Morgan fingerprint density at radius 2 is 1.93 bits per heavy atom. The molecule has 0 bridgehead atoms. The third-order valence-corrected chi connectivity index (χ3v) is 4.25. The van der Waals surface area contributed by atoms with Gasteiger partial charge >= 0.3 is 0 Å². The van der Waals surface area contributed by atoms with Gasteiger partial charge in [0.25, 0.3) is 0 Å². The van der Waals surface area contributed by atoms with Gasteiger partial charge in [0.1, 0.15) is 0 Å². The molecule has 2 rings (SSSR count). The van der Waals surface area contributed by atoms with E-state index in [4.69, 9.17) is 0 Å². The Labute approximate surface area is 93.7 Å². The van der Waals surface area contributed by atoms with Crippen molar-refractivity contribution in [2.45, 2.75) is 51.5 Å². The van der Waals surface area contributed by atoms with Crippen molar-refractivity contribution >= 4 is 0 Å². The van der Waals surface area contributed by atoms with E-state index < -0.39 is 0 Å². The van der Waals surface area contributed by atoms with Gasteiger partial charge in [0, 0.05) is 25.7 Å². The van der Waals surface area contributed by atoms with Crippen molar-refractivity contribution < 1.29 is 5.11 Å². The number of nitrogens with zero attached hydrogens (tertiary/aromatic N) is 1. The zero-order valence-electron chi connectivity index (χ0n) is 9.99. The van der Waals surface area contributed by atoms with Gasteiger partial charge in [-0.2, -0.15) is 0 Å². The van der Waals surface area contributed by atoms with Crippen LogP contribution in [-0.4, -0.2) is 35.7 Å². The van der Waals surface area contributed by atoms with Gasteiger partial charge in [0.15, 0.2) is 0 Å². The zero-order chi connectivity index (χ0) is 10.7. The first kappa shape index (κ1) is 11.4. The molecule has 0 spiro atoms. The summed E-state index contributed by atoms with van der Waals surface area (Å²) < 4.78 is 0. The molecule has 0 aromatic rings. The first-order chi connectivity index (χ1) is 7.35. The van der Waals surface area contributed by atoms with Gasteiger partial charge in [-0.15, -0.1) is 0 Å². The van der Waals surface area contributed by atoms with Gasteiger partial charge in [-0.3, -0.25) is 4.90 Å². The lowest BCUT2D eigenvalue weighted by Crippen LogP contribution is -2.55. The van der Waals surface area contributed by atoms with Gasteiger partial charge < -0.3 is 5.11 Å². The van der Waals surface area contributed by atoms with E-state index in [-0.39, 0.29) is 0 Å². The first-order valence-corrected chi connectivity index (χ1v) is 6.70. The average Bonchev–Trinajstić information content (AvgIpc) is 2.23. The highest BCUT2D eigenvalue weighted by Crippen LogP contribution is 2.33. The van der Waals surface area contributed by atoms with Crippen LogP contribution in [0.2, 0.25) is 0 Å². The van der Waals surface area contributed by atoms with E-state index in [2.05, 4.69) is 11.8 Å². The van der Waals surface area contributed by atoms with E-state index in [1.165, 1.54) is 51.6 Å². The van der Waals surface area contributed by atoms with Crippen LogP contribution in [0.3, 0.4) is 0 Å². The molecule has 2 fully saturated rings. The van der Waals surface area contributed by atoms with Crippen LogP contribution in [0.15, 0.2) is 0 Å². The summed E-state index contributed by atoms with van der Waals surface area (Å²) in [7, 11) is 0. The monoisotopic (exact) mass is 211 g/mol. The number of hydrogen-bond donors (Lipinski definition) is 1. The second-order valence-corrected chi connectivity index (χ2v) is 5.40. The number of likely N-dealkylation sites (tertiary alicyclic amines) is 1. The minimum atomic E-state index is 0.402. The molecule has 2 unspecified atom stereocenters. The fourth-order valence-electron chi connectivity index (χ4n) is 3.35. The second-order valence-electron chi connectivity index (χ2n) is 5.40. The standard InChI is InChI=1S/C13H25NO/c1-2-5-11-8-14(9-11)13-7-4-3-6-12(13)10-15/h11-13,15H,2-10H2,1H3. The van der Waals surface area contributed by atoms with E-state index >= 15 is 0 Å². The molecule has 1 saturated carbocycles. The number of hydrogen-bond acceptors (Lipinski definition) is 2. The van der Waals surface area contributed by atoms with Crippen molar-refractivity contribution in [3.8, 4) is 0 Å². The van der Waals surface area contributed by atoms with E-state index in [1.54, 1.807) is 0 Å². The smallest absolute Gasteiger partial charge is 0.0474 e. The van der Waals surface area contributed by atoms with Gasteiger partial charge in [-0.25, -0.2) is 0 Å². The van der Waals surface area contributed by atoms with E-state index in [1.807, 2.05) is 0 Å². The summed E-state index contributed by atoms with van der Waals surface area (Å²) in [6.07, 6.45) is 7.99. The fourth-order valence-corrected chi connectivity index (χ4v) is 3.35. The van der Waals surface area contributed by atoms with Crippen LogP contribution in [0, 0.1) is 11.8 Å². The Balaban J connectivity index is 1.78. The normalized spacial score (nSPS) is 34.0. The molecule has 1 aliphatic heterocycles. The first-order valence-electron chi connectivity index (χ1n) is 6.70. The largest absolute Gasteiger partial charge is 0.396 e. The lowest BCUT2D eigenvalue weighted by molar-refractivity contribution is -0.0114. The quantitative estimate of drug-likeness (QED) is 0.771. The predicted octanol–water partition coefficient (Wildman–Crippen LogP) is 2.27. The Kier molecular flexibility index (Phi) is 4.04. The van der Waals surface area contributed by atoms with Crippen LogP contribution < -0.4 is 0 Å². The predicted molar refractivity (Wildman–Crippen MR) is 62.8 cm³/mol. The Bertz CT molecular complexity index is 189. The van der Waals surface area contributed by atoms with E-state index in [0.717, 1.165) is 5.92 Å². The summed E-state index contributed by atoms with van der Waals surface area (Å²) >= 11 is 0. The highest BCUT2D eigenvalue weighted by Gasteiger charge is 2.36. The Morgan fingerprint density at radius 1 is 1.20 bits per heavy atom. The van der Waals surface area contributed by atoms with E-state index in [9.17, 15) is 5.11 Å². The molecule has 1 N–H and O–H groups in total. The maximum atomic E-state index is 9.37. The van der Waals surface area contributed by atoms with Gasteiger partial charge in [-0.05, 0) is 31.1 Å². The van der Waals surface area contributed by atoms with Crippen molar-refractivity contribution in [1.29, 1.82) is 0 Å². The SMILES string of the molecule is CCCC1CN(C2CCCCC2CO)C1. The minimum Gasteiger partial charge on any atom is -0.396 e. The zero-order valence-corrected chi connectivity index (χ0v) is 9.99. The van der Waals surface area contributed by atoms with Crippen molar-refractivity contribution in [3.05, 3.63) is 0 Å². The molecule has 2 aliphatic rings. The molecular formula is C13H25NO. The molecule has 88 valence electrons. The highest BCUT2D eigenvalue weighted by molar-refractivity contribution is 4.90. The molecule has 1 aliphatic carbocycles. The lowest BCUT2D eigenvalue weighted by Gasteiger charge is -2.48. The second kappa shape index (κ2) is 5.31. The minimum absolute atomic E-state index is 0.402. The molecule has 0 aromatic carbocycles. The molecule has 2 atom stereocenters. The summed E-state index contributed by atoms with van der Waals surface area (Å²) in [5, 5.41) is 9.37. The molecule has 0 aromatic heterocycles. The van der Waals surface area contributed by atoms with Crippen LogP contribution in [0.4, 0.5) is 0 Å². The van der Waals surface area contributed by atoms with Crippen LogP contribution in [-0.2, 0) is 0 Å². The molecular weight excluding hydrogens is 186 g/mol. The average molecular weight is 211 g/mol. The number of rotatable bonds is 4. The molecule has 1 heterocycles. The maximum Gasteiger partial charge on any atom is 0.0474 e. The van der Waals surface area contributed by atoms with E-state index in [0.29, 0.717) is 18.6 Å². The fraction of sp³-hybridized carbons (Fsp3) is 1.00. The van der Waals surface area contributed by atoms with Gasteiger partial charge in [-0.1, -0.05) is 26.2 Å². The van der Waals surface area contributed by atoms with Crippen LogP contribution in [0.1, 0.15) is 45.4 Å². The number of aliphatic hydroxyl groups is 1. The van der Waals surface area contributed by atoms with Crippen molar-refractivity contribution in [2.24, 2.45) is 11.8 Å². The van der Waals surface area contributed by atoms with Crippen molar-refractivity contribution in [2.75, 3.05) is 19.7 Å². The Morgan fingerprint density at radius 3 is 2.60 bits per heavy atom. The third kappa shape index (κ3) is 2.54. The maximum absolute atomic E-state index is 9.37. The molecule has 0 radical (unpaired) electrons. The summed E-state index contributed by atoms with van der Waals surface area (Å²) in [6, 6.07) is 0.705. The summed E-state index contributed by atoms with van der Waals surface area (Å²) in [5.41, 5.74) is 0. The summed E-state index contributed by atoms with van der Waals surface area (Å²) in [4.78, 5) is 2.63. The van der Waals surface area contributed by atoms with Crippen molar-refractivity contribution in [1.82, 2.24) is 4.90 Å². The van der Waals surface area contributed by atoms with Gasteiger partial charge in [0.2, 0.25) is 0 Å². The topological polar surface area (TPSA) is 23.5 Å². The summed E-state index contributed by atoms with van der Waals surface area (Å²) in [5.74, 6) is 1.53. The Hall–Kier alpha value is -0.0800. The lowest BCUT2D eigenvalue weighted by atomic mass is 9.81. The molecule has 15 heavy (non-hydrogen) atoms. The third-order valence-electron chi connectivity index (χ3n) is 4.25. The van der Waals surface area contributed by atoms with Crippen LogP contribution in [0.5, 0.6) is 0 Å². The molecule has 1 saturated heterocycles. The van der Waals surface area contributed by atoms with Crippen LogP contribution in [0.25, 0.3) is 0 Å². The molecule has 2 nitrogen and oxygen atoms in total. The summed E-state index contributed by atoms with van der Waals surface area (Å²) in [6.45, 7) is 5.28. The molecule has 2 heteroatoms. The van der Waals surface area contributed by atoms with Gasteiger partial charge in [0.05, 0.1) is 0 Å². The van der Waals surface area contributed by atoms with Crippen molar-refractivity contribution in [3.63, 3.8) is 0 Å². The van der Waals surface area contributed by atoms with Crippen LogP contribution >= 0.6 is 0 Å². The highest BCUT2D eigenvalue weighted by atomic mass is 16.3. The molecule has 0 amide bonds.